The van der Waals surface area contributed by atoms with Gasteiger partial charge in [-0.1, -0.05) is 23.7 Å². The quantitative estimate of drug-likeness (QED) is 0.871. The second-order valence-corrected chi connectivity index (χ2v) is 7.23. The van der Waals surface area contributed by atoms with Gasteiger partial charge in [-0.3, -0.25) is 0 Å². The molecule has 0 spiro atoms. The van der Waals surface area contributed by atoms with Crippen molar-refractivity contribution in [2.24, 2.45) is 0 Å². The Morgan fingerprint density at radius 3 is 2.61 bits per heavy atom. The van der Waals surface area contributed by atoms with Crippen molar-refractivity contribution in [2.45, 2.75) is 25.7 Å². The molecule has 0 amide bonds. The number of ether oxygens (including phenoxy) is 1. The average molecular weight is 293 g/mol. The highest BCUT2D eigenvalue weighted by Gasteiger charge is 2.16. The molecule has 1 N–H and O–H groups in total. The molecule has 102 valence electrons. The molecule has 0 aliphatic rings. The van der Waals surface area contributed by atoms with E-state index >= 15 is 0 Å². The van der Waals surface area contributed by atoms with E-state index in [0.717, 1.165) is 0 Å². The number of aliphatic hydroxyl groups is 1. The first kappa shape index (κ1) is 15.3. The van der Waals surface area contributed by atoms with Gasteiger partial charge in [0.15, 0.2) is 9.84 Å². The third-order valence-corrected chi connectivity index (χ3v) is 5.02. The minimum atomic E-state index is -3.13. The predicted molar refractivity (Wildman–Crippen MR) is 71.8 cm³/mol. The monoisotopic (exact) mass is 292 g/mol. The SMILES string of the molecule is CC(C)S(=O)(=O)CCOc1c(Cl)cccc1CO. The van der Waals surface area contributed by atoms with Crippen LogP contribution in [0.25, 0.3) is 0 Å². The van der Waals surface area contributed by atoms with E-state index in [0.29, 0.717) is 16.3 Å². The van der Waals surface area contributed by atoms with Gasteiger partial charge >= 0.3 is 0 Å². The van der Waals surface area contributed by atoms with Gasteiger partial charge in [0.05, 0.1) is 22.6 Å². The Bertz CT molecular complexity index is 497. The lowest BCUT2D eigenvalue weighted by molar-refractivity contribution is 0.267. The molecule has 6 heteroatoms. The van der Waals surface area contributed by atoms with Gasteiger partial charge in [-0.05, 0) is 19.9 Å². The van der Waals surface area contributed by atoms with Crippen LogP contribution in [-0.4, -0.2) is 31.1 Å². The van der Waals surface area contributed by atoms with E-state index in [4.69, 9.17) is 21.4 Å². The summed E-state index contributed by atoms with van der Waals surface area (Å²) in [7, 11) is -3.13. The zero-order valence-corrected chi connectivity index (χ0v) is 12.0. The molecule has 0 radical (unpaired) electrons. The summed E-state index contributed by atoms with van der Waals surface area (Å²) in [6, 6.07) is 5.01. The van der Waals surface area contributed by atoms with Crippen LogP contribution in [0.3, 0.4) is 0 Å². The molecule has 0 saturated heterocycles. The molecule has 0 unspecified atom stereocenters. The van der Waals surface area contributed by atoms with Crippen LogP contribution >= 0.6 is 11.6 Å². The van der Waals surface area contributed by atoms with Crippen LogP contribution in [0.1, 0.15) is 19.4 Å². The van der Waals surface area contributed by atoms with Crippen molar-refractivity contribution in [1.29, 1.82) is 0 Å². The molecule has 0 aromatic heterocycles. The van der Waals surface area contributed by atoms with E-state index < -0.39 is 15.1 Å². The highest BCUT2D eigenvalue weighted by Crippen LogP contribution is 2.28. The third kappa shape index (κ3) is 3.86. The van der Waals surface area contributed by atoms with Crippen molar-refractivity contribution in [3.8, 4) is 5.75 Å². The molecule has 1 aromatic rings. The summed E-state index contributed by atoms with van der Waals surface area (Å²) in [5.41, 5.74) is 0.546. The molecule has 0 aliphatic carbocycles. The molecule has 0 saturated carbocycles. The average Bonchev–Trinajstić information content (AvgIpc) is 2.30. The van der Waals surface area contributed by atoms with Crippen molar-refractivity contribution in [3.05, 3.63) is 28.8 Å². The highest BCUT2D eigenvalue weighted by atomic mass is 35.5. The first-order valence-electron chi connectivity index (χ1n) is 5.61. The van der Waals surface area contributed by atoms with Crippen LogP contribution in [0.2, 0.25) is 5.02 Å². The Morgan fingerprint density at radius 2 is 2.06 bits per heavy atom. The molecule has 1 aromatic carbocycles. The van der Waals surface area contributed by atoms with Gasteiger partial charge in [0, 0.05) is 5.56 Å². The Labute approximate surface area is 112 Å². The van der Waals surface area contributed by atoms with Crippen LogP contribution in [-0.2, 0) is 16.4 Å². The summed E-state index contributed by atoms with van der Waals surface area (Å²) in [5, 5.41) is 9.07. The standard InChI is InChI=1S/C12H17ClO4S/c1-9(2)18(15,16)7-6-17-12-10(8-14)4-3-5-11(12)13/h3-5,9,14H,6-8H2,1-2H3. The van der Waals surface area contributed by atoms with Crippen LogP contribution in [0.4, 0.5) is 0 Å². The van der Waals surface area contributed by atoms with Gasteiger partial charge in [0.25, 0.3) is 0 Å². The molecular formula is C12H17ClO4S. The molecule has 0 heterocycles. The normalized spacial score (nSPS) is 11.8. The topological polar surface area (TPSA) is 63.6 Å². The molecule has 18 heavy (non-hydrogen) atoms. The fourth-order valence-electron chi connectivity index (χ4n) is 1.34. The maximum atomic E-state index is 11.6. The lowest BCUT2D eigenvalue weighted by Gasteiger charge is -2.13. The summed E-state index contributed by atoms with van der Waals surface area (Å²) in [5.74, 6) is 0.279. The Hall–Kier alpha value is -0.780. The number of aliphatic hydroxyl groups excluding tert-OH is 1. The Balaban J connectivity index is 2.70. The van der Waals surface area contributed by atoms with Gasteiger partial charge in [-0.2, -0.15) is 0 Å². The van der Waals surface area contributed by atoms with E-state index in [1.807, 2.05) is 0 Å². The van der Waals surface area contributed by atoms with Gasteiger partial charge in [0.2, 0.25) is 0 Å². The van der Waals surface area contributed by atoms with E-state index in [1.54, 1.807) is 32.0 Å². The number of para-hydroxylation sites is 1. The zero-order chi connectivity index (χ0) is 13.8. The van der Waals surface area contributed by atoms with Gasteiger partial charge in [-0.15, -0.1) is 0 Å². The van der Waals surface area contributed by atoms with Gasteiger partial charge < -0.3 is 9.84 Å². The number of sulfone groups is 1. The van der Waals surface area contributed by atoms with E-state index in [9.17, 15) is 8.42 Å². The number of hydrogen-bond donors (Lipinski definition) is 1. The van der Waals surface area contributed by atoms with Gasteiger partial charge in [-0.25, -0.2) is 8.42 Å². The summed E-state index contributed by atoms with van der Waals surface area (Å²) in [6.45, 7) is 3.08. The molecular weight excluding hydrogens is 276 g/mol. The Kier molecular flexibility index (Phi) is 5.44. The van der Waals surface area contributed by atoms with Crippen molar-refractivity contribution in [2.75, 3.05) is 12.4 Å². The number of hydrogen-bond acceptors (Lipinski definition) is 4. The smallest absolute Gasteiger partial charge is 0.155 e. The van der Waals surface area contributed by atoms with Crippen molar-refractivity contribution < 1.29 is 18.3 Å². The first-order chi connectivity index (χ1) is 8.38. The lowest BCUT2D eigenvalue weighted by atomic mass is 10.2. The molecule has 0 bridgehead atoms. The van der Waals surface area contributed by atoms with Crippen LogP contribution < -0.4 is 4.74 Å². The predicted octanol–water partition coefficient (Wildman–Crippen LogP) is 2.03. The van der Waals surface area contributed by atoms with E-state index in [-0.39, 0.29) is 19.0 Å². The summed E-state index contributed by atoms with van der Waals surface area (Å²) < 4.78 is 28.6. The molecule has 0 atom stereocenters. The zero-order valence-electron chi connectivity index (χ0n) is 10.4. The summed E-state index contributed by atoms with van der Waals surface area (Å²) in [6.07, 6.45) is 0. The second kappa shape index (κ2) is 6.41. The third-order valence-electron chi connectivity index (χ3n) is 2.55. The minimum absolute atomic E-state index is 0.0250. The van der Waals surface area contributed by atoms with Crippen LogP contribution in [0.15, 0.2) is 18.2 Å². The second-order valence-electron chi connectivity index (χ2n) is 4.15. The van der Waals surface area contributed by atoms with E-state index in [2.05, 4.69) is 0 Å². The maximum Gasteiger partial charge on any atom is 0.155 e. The van der Waals surface area contributed by atoms with Crippen LogP contribution in [0, 0.1) is 0 Å². The number of halogens is 1. The summed E-state index contributed by atoms with van der Waals surface area (Å²) >= 11 is 5.94. The first-order valence-corrected chi connectivity index (χ1v) is 7.70. The van der Waals surface area contributed by atoms with Crippen LogP contribution in [0.5, 0.6) is 5.75 Å². The van der Waals surface area contributed by atoms with E-state index in [1.165, 1.54) is 0 Å². The molecule has 4 nitrogen and oxygen atoms in total. The molecule has 1 rings (SSSR count). The largest absolute Gasteiger partial charge is 0.491 e. The summed E-state index contributed by atoms with van der Waals surface area (Å²) in [4.78, 5) is 0. The number of rotatable bonds is 6. The fourth-order valence-corrected chi connectivity index (χ4v) is 2.37. The number of benzene rings is 1. The van der Waals surface area contributed by atoms with Crippen molar-refractivity contribution >= 4 is 21.4 Å². The molecule has 0 aliphatic heterocycles. The highest BCUT2D eigenvalue weighted by molar-refractivity contribution is 7.91. The Morgan fingerprint density at radius 1 is 1.39 bits per heavy atom. The molecule has 0 fully saturated rings. The van der Waals surface area contributed by atoms with Crippen molar-refractivity contribution in [3.63, 3.8) is 0 Å². The fraction of sp³-hybridized carbons (Fsp3) is 0.500. The van der Waals surface area contributed by atoms with Gasteiger partial charge in [0.1, 0.15) is 12.4 Å². The lowest BCUT2D eigenvalue weighted by Crippen LogP contribution is -2.22. The maximum absolute atomic E-state index is 11.6. The minimum Gasteiger partial charge on any atom is -0.491 e. The van der Waals surface area contributed by atoms with Crippen molar-refractivity contribution in [1.82, 2.24) is 0 Å².